The van der Waals surface area contributed by atoms with E-state index in [1.165, 1.54) is 11.3 Å². The Labute approximate surface area is 119 Å². The SMILES string of the molecule is CCC(C)N(CC(=O)O)C(=O)NCC1(C)CCCS1. The summed E-state index contributed by atoms with van der Waals surface area (Å²) in [6.45, 7) is 6.32. The molecule has 1 rings (SSSR count). The molecule has 2 atom stereocenters. The van der Waals surface area contributed by atoms with Gasteiger partial charge in [-0.3, -0.25) is 4.79 Å². The molecule has 1 aliphatic heterocycles. The number of carbonyl (C=O) groups is 2. The van der Waals surface area contributed by atoms with E-state index in [0.29, 0.717) is 6.54 Å². The number of aliphatic carboxylic acids is 1. The number of hydrogen-bond donors (Lipinski definition) is 2. The summed E-state index contributed by atoms with van der Waals surface area (Å²) >= 11 is 1.88. The van der Waals surface area contributed by atoms with Crippen LogP contribution in [0.2, 0.25) is 0 Å². The van der Waals surface area contributed by atoms with E-state index < -0.39 is 5.97 Å². The lowest BCUT2D eigenvalue weighted by atomic mass is 10.1. The summed E-state index contributed by atoms with van der Waals surface area (Å²) in [5, 5.41) is 11.8. The number of carboxylic acids is 1. The fourth-order valence-electron chi connectivity index (χ4n) is 2.13. The summed E-state index contributed by atoms with van der Waals surface area (Å²) in [5.41, 5.74) is 0. The number of nitrogens with zero attached hydrogens (tertiary/aromatic N) is 1. The van der Waals surface area contributed by atoms with Gasteiger partial charge in [-0.2, -0.15) is 11.8 Å². The van der Waals surface area contributed by atoms with Crippen LogP contribution in [-0.4, -0.2) is 51.6 Å². The molecule has 1 aliphatic rings. The number of carboxylic acid groups (broad SMARTS) is 1. The van der Waals surface area contributed by atoms with E-state index in [-0.39, 0.29) is 23.4 Å². The largest absolute Gasteiger partial charge is 0.480 e. The number of carbonyl (C=O) groups excluding carboxylic acids is 1. The Morgan fingerprint density at radius 2 is 2.21 bits per heavy atom. The van der Waals surface area contributed by atoms with Crippen molar-refractivity contribution in [1.82, 2.24) is 10.2 Å². The lowest BCUT2D eigenvalue weighted by Gasteiger charge is -2.29. The molecule has 6 heteroatoms. The van der Waals surface area contributed by atoms with Gasteiger partial charge in [0.15, 0.2) is 0 Å². The highest BCUT2D eigenvalue weighted by atomic mass is 32.2. The fourth-order valence-corrected chi connectivity index (χ4v) is 3.38. The molecule has 5 nitrogen and oxygen atoms in total. The van der Waals surface area contributed by atoms with Crippen LogP contribution in [0.25, 0.3) is 0 Å². The molecule has 0 aromatic rings. The summed E-state index contributed by atoms with van der Waals surface area (Å²) in [6.07, 6.45) is 3.02. The Bertz CT molecular complexity index is 330. The highest BCUT2D eigenvalue weighted by Crippen LogP contribution is 2.36. The van der Waals surface area contributed by atoms with Crippen LogP contribution in [0.5, 0.6) is 0 Å². The van der Waals surface area contributed by atoms with Crippen molar-refractivity contribution in [1.29, 1.82) is 0 Å². The Morgan fingerprint density at radius 1 is 1.53 bits per heavy atom. The van der Waals surface area contributed by atoms with Crippen LogP contribution in [0.4, 0.5) is 4.79 Å². The van der Waals surface area contributed by atoms with Crippen LogP contribution in [0.15, 0.2) is 0 Å². The molecule has 2 amide bonds. The van der Waals surface area contributed by atoms with E-state index >= 15 is 0 Å². The van der Waals surface area contributed by atoms with Gasteiger partial charge in [-0.15, -0.1) is 0 Å². The standard InChI is InChI=1S/C13H24N2O3S/c1-4-10(2)15(8-11(16)17)12(18)14-9-13(3)6-5-7-19-13/h10H,4-9H2,1-3H3,(H,14,18)(H,16,17). The molecule has 2 unspecified atom stereocenters. The third kappa shape index (κ3) is 4.93. The van der Waals surface area contributed by atoms with Gasteiger partial charge in [0.2, 0.25) is 0 Å². The lowest BCUT2D eigenvalue weighted by molar-refractivity contribution is -0.138. The summed E-state index contributed by atoms with van der Waals surface area (Å²) < 4.78 is 0.0972. The number of rotatable bonds is 6. The monoisotopic (exact) mass is 288 g/mol. The van der Waals surface area contributed by atoms with Crippen molar-refractivity contribution in [3.05, 3.63) is 0 Å². The minimum absolute atomic E-state index is 0.0693. The lowest BCUT2D eigenvalue weighted by Crippen LogP contribution is -2.49. The van der Waals surface area contributed by atoms with Crippen molar-refractivity contribution in [2.75, 3.05) is 18.8 Å². The normalized spacial score (nSPS) is 23.9. The van der Waals surface area contributed by atoms with Crippen molar-refractivity contribution >= 4 is 23.8 Å². The van der Waals surface area contributed by atoms with Gasteiger partial charge < -0.3 is 15.3 Å². The first kappa shape index (κ1) is 16.1. The van der Waals surface area contributed by atoms with Crippen LogP contribution in [0, 0.1) is 0 Å². The van der Waals surface area contributed by atoms with Crippen LogP contribution in [0.1, 0.15) is 40.0 Å². The predicted molar refractivity (Wildman–Crippen MR) is 77.6 cm³/mol. The summed E-state index contributed by atoms with van der Waals surface area (Å²) in [4.78, 5) is 24.3. The maximum atomic E-state index is 12.1. The van der Waals surface area contributed by atoms with Gasteiger partial charge in [-0.1, -0.05) is 6.92 Å². The smallest absolute Gasteiger partial charge is 0.323 e. The number of urea groups is 1. The summed E-state index contributed by atoms with van der Waals surface area (Å²) in [7, 11) is 0. The Morgan fingerprint density at radius 3 is 2.68 bits per heavy atom. The second kappa shape index (κ2) is 7.03. The van der Waals surface area contributed by atoms with E-state index in [9.17, 15) is 9.59 Å². The Hall–Kier alpha value is -0.910. The van der Waals surface area contributed by atoms with E-state index in [4.69, 9.17) is 5.11 Å². The van der Waals surface area contributed by atoms with E-state index in [0.717, 1.165) is 18.6 Å². The summed E-state index contributed by atoms with van der Waals surface area (Å²) in [5.74, 6) is 0.160. The van der Waals surface area contributed by atoms with E-state index in [1.54, 1.807) is 0 Å². The predicted octanol–water partition coefficient (Wildman–Crippen LogP) is 2.17. The number of nitrogens with one attached hydrogen (secondary N) is 1. The molecule has 0 spiro atoms. The first-order valence-corrected chi connectivity index (χ1v) is 7.77. The first-order valence-electron chi connectivity index (χ1n) is 6.78. The number of hydrogen-bond acceptors (Lipinski definition) is 3. The molecular weight excluding hydrogens is 264 g/mol. The topological polar surface area (TPSA) is 69.6 Å². The second-order valence-corrected chi connectivity index (χ2v) is 7.02. The average Bonchev–Trinajstić information content (AvgIpc) is 2.79. The molecule has 2 N–H and O–H groups in total. The molecule has 110 valence electrons. The maximum Gasteiger partial charge on any atom is 0.323 e. The Kier molecular flexibility index (Phi) is 5.97. The molecule has 0 aromatic heterocycles. The van der Waals surface area contributed by atoms with Crippen LogP contribution in [0.3, 0.4) is 0 Å². The van der Waals surface area contributed by atoms with Gasteiger partial charge in [-0.25, -0.2) is 4.79 Å². The van der Waals surface area contributed by atoms with Crippen molar-refractivity contribution in [3.63, 3.8) is 0 Å². The molecule has 19 heavy (non-hydrogen) atoms. The number of amides is 2. The zero-order valence-electron chi connectivity index (χ0n) is 11.9. The maximum absolute atomic E-state index is 12.1. The average molecular weight is 288 g/mol. The zero-order valence-corrected chi connectivity index (χ0v) is 12.8. The molecule has 0 saturated carbocycles. The molecule has 0 bridgehead atoms. The summed E-state index contributed by atoms with van der Waals surface area (Å²) in [6, 6.07) is -0.342. The molecular formula is C13H24N2O3S. The quantitative estimate of drug-likeness (QED) is 0.786. The Balaban J connectivity index is 2.53. The molecule has 0 aromatic carbocycles. The molecule has 1 heterocycles. The van der Waals surface area contributed by atoms with Crippen molar-refractivity contribution in [2.24, 2.45) is 0 Å². The molecule has 0 radical (unpaired) electrons. The highest BCUT2D eigenvalue weighted by Gasteiger charge is 2.31. The first-order chi connectivity index (χ1) is 8.88. The van der Waals surface area contributed by atoms with Gasteiger partial charge in [0.25, 0.3) is 0 Å². The minimum Gasteiger partial charge on any atom is -0.480 e. The van der Waals surface area contributed by atoms with Gasteiger partial charge in [0.05, 0.1) is 0 Å². The van der Waals surface area contributed by atoms with Crippen LogP contribution >= 0.6 is 11.8 Å². The van der Waals surface area contributed by atoms with Gasteiger partial charge >= 0.3 is 12.0 Å². The zero-order chi connectivity index (χ0) is 14.5. The van der Waals surface area contributed by atoms with E-state index in [2.05, 4.69) is 12.2 Å². The molecule has 1 saturated heterocycles. The van der Waals surface area contributed by atoms with Gasteiger partial charge in [-0.05, 0) is 38.9 Å². The fraction of sp³-hybridized carbons (Fsp3) is 0.846. The number of thioether (sulfide) groups is 1. The van der Waals surface area contributed by atoms with Crippen molar-refractivity contribution < 1.29 is 14.7 Å². The minimum atomic E-state index is -0.975. The second-order valence-electron chi connectivity index (χ2n) is 5.34. The van der Waals surface area contributed by atoms with Crippen molar-refractivity contribution in [2.45, 2.75) is 50.8 Å². The van der Waals surface area contributed by atoms with E-state index in [1.807, 2.05) is 25.6 Å². The van der Waals surface area contributed by atoms with Gasteiger partial charge in [0.1, 0.15) is 6.54 Å². The third-order valence-corrected chi connectivity index (χ3v) is 5.14. The van der Waals surface area contributed by atoms with Crippen molar-refractivity contribution in [3.8, 4) is 0 Å². The van der Waals surface area contributed by atoms with Gasteiger partial charge in [0, 0.05) is 17.3 Å². The molecule has 1 fully saturated rings. The van der Waals surface area contributed by atoms with Crippen LogP contribution in [-0.2, 0) is 4.79 Å². The third-order valence-electron chi connectivity index (χ3n) is 3.60. The highest BCUT2D eigenvalue weighted by molar-refractivity contribution is 8.00. The van der Waals surface area contributed by atoms with Crippen LogP contribution < -0.4 is 5.32 Å². The molecule has 0 aliphatic carbocycles.